The molecule has 1 amide bonds. The first-order valence-corrected chi connectivity index (χ1v) is 7.77. The van der Waals surface area contributed by atoms with Gasteiger partial charge in [-0.05, 0) is 30.8 Å². The fraction of sp³-hybridized carbons (Fsp3) is 0.333. The lowest BCUT2D eigenvalue weighted by Crippen LogP contribution is -2.27. The van der Waals surface area contributed by atoms with Crippen molar-refractivity contribution in [2.45, 2.75) is 27.3 Å². The van der Waals surface area contributed by atoms with Crippen LogP contribution in [0.3, 0.4) is 0 Å². The van der Waals surface area contributed by atoms with E-state index in [2.05, 4.69) is 17.0 Å². The van der Waals surface area contributed by atoms with Gasteiger partial charge in [0, 0.05) is 22.5 Å². The van der Waals surface area contributed by atoms with Crippen LogP contribution in [-0.2, 0) is 11.3 Å². The number of hydrogen-bond donors (Lipinski definition) is 2. The summed E-state index contributed by atoms with van der Waals surface area (Å²) in [5, 5.41) is 8.45. The molecule has 3 N–H and O–H groups in total. The van der Waals surface area contributed by atoms with Gasteiger partial charge in [-0.15, -0.1) is 0 Å². The third-order valence-electron chi connectivity index (χ3n) is 2.90. The first-order valence-electron chi connectivity index (χ1n) is 6.51. The molecule has 0 heterocycles. The highest BCUT2D eigenvalue weighted by Gasteiger charge is 2.24. The Morgan fingerprint density at radius 2 is 2.14 bits per heavy atom. The van der Waals surface area contributed by atoms with Gasteiger partial charge in [-0.1, -0.05) is 38.4 Å². The van der Waals surface area contributed by atoms with Crippen molar-refractivity contribution in [3.05, 3.63) is 45.2 Å². The standard InChI is InChI=1S/C15H19ClFN3OS/c1-15(2,3)13(19-4)12(22-18)14(21)20-8-9-10(16)6-5-7-11(9)17/h5-7H,4,8,18H2,1-3H3,(H,20,21)/b13-12-. The third kappa shape index (κ3) is 4.56. The predicted molar refractivity (Wildman–Crippen MR) is 91.1 cm³/mol. The van der Waals surface area contributed by atoms with E-state index in [0.29, 0.717) is 5.70 Å². The molecule has 0 fully saturated rings. The summed E-state index contributed by atoms with van der Waals surface area (Å²) in [4.78, 5) is 16.4. The number of carbonyl (C=O) groups is 1. The third-order valence-corrected chi connectivity index (χ3v) is 3.86. The molecule has 0 atom stereocenters. The zero-order chi connectivity index (χ0) is 16.9. The number of allylic oxidation sites excluding steroid dienone is 1. The number of nitrogens with one attached hydrogen (secondary N) is 1. The fourth-order valence-corrected chi connectivity index (χ4v) is 2.71. The first-order chi connectivity index (χ1) is 10.2. The molecule has 4 nitrogen and oxygen atoms in total. The number of nitrogens with zero attached hydrogens (tertiary/aromatic N) is 1. The van der Waals surface area contributed by atoms with Crippen molar-refractivity contribution in [3.8, 4) is 0 Å². The summed E-state index contributed by atoms with van der Waals surface area (Å²) in [6, 6.07) is 4.35. The molecule has 1 aromatic rings. The van der Waals surface area contributed by atoms with Gasteiger partial charge < -0.3 is 5.32 Å². The maximum Gasteiger partial charge on any atom is 0.261 e. The summed E-state index contributed by atoms with van der Waals surface area (Å²) < 4.78 is 13.7. The fourth-order valence-electron chi connectivity index (χ4n) is 1.82. The molecule has 0 saturated carbocycles. The predicted octanol–water partition coefficient (Wildman–Crippen LogP) is 3.66. The van der Waals surface area contributed by atoms with E-state index in [1.807, 2.05) is 20.8 Å². The van der Waals surface area contributed by atoms with Gasteiger partial charge in [-0.25, -0.2) is 4.39 Å². The Labute approximate surface area is 139 Å². The van der Waals surface area contributed by atoms with Crippen LogP contribution in [0.25, 0.3) is 0 Å². The monoisotopic (exact) mass is 343 g/mol. The largest absolute Gasteiger partial charge is 0.347 e. The van der Waals surface area contributed by atoms with Crippen LogP contribution in [0, 0.1) is 11.2 Å². The van der Waals surface area contributed by atoms with Gasteiger partial charge >= 0.3 is 0 Å². The molecular formula is C15H19ClFN3OS. The second kappa shape index (κ2) is 7.76. The van der Waals surface area contributed by atoms with Gasteiger partial charge in [-0.2, -0.15) is 0 Å². The molecule has 0 radical (unpaired) electrons. The molecule has 120 valence electrons. The van der Waals surface area contributed by atoms with Crippen LogP contribution in [0.15, 0.2) is 33.8 Å². The van der Waals surface area contributed by atoms with E-state index in [1.165, 1.54) is 12.1 Å². The van der Waals surface area contributed by atoms with Crippen LogP contribution in [-0.4, -0.2) is 12.6 Å². The van der Waals surface area contributed by atoms with E-state index < -0.39 is 17.1 Å². The first kappa shape index (κ1) is 18.7. The van der Waals surface area contributed by atoms with Crippen molar-refractivity contribution in [2.75, 3.05) is 0 Å². The van der Waals surface area contributed by atoms with Crippen molar-refractivity contribution < 1.29 is 9.18 Å². The molecule has 0 unspecified atom stereocenters. The zero-order valence-corrected chi connectivity index (χ0v) is 14.3. The number of aliphatic imine (C=N–C) groups is 1. The number of benzene rings is 1. The molecule has 0 aliphatic rings. The smallest absolute Gasteiger partial charge is 0.261 e. The number of amides is 1. The Hall–Kier alpha value is -1.37. The van der Waals surface area contributed by atoms with Gasteiger partial charge in [0.05, 0.1) is 5.70 Å². The summed E-state index contributed by atoms with van der Waals surface area (Å²) in [5.74, 6) is -0.916. The van der Waals surface area contributed by atoms with Crippen molar-refractivity contribution in [1.82, 2.24) is 5.32 Å². The van der Waals surface area contributed by atoms with Crippen LogP contribution in [0.5, 0.6) is 0 Å². The van der Waals surface area contributed by atoms with Crippen molar-refractivity contribution >= 4 is 36.2 Å². The normalized spacial score (nSPS) is 12.6. The molecule has 22 heavy (non-hydrogen) atoms. The molecule has 0 aromatic heterocycles. The molecule has 0 aliphatic carbocycles. The van der Waals surface area contributed by atoms with Crippen LogP contribution in [0.4, 0.5) is 4.39 Å². The van der Waals surface area contributed by atoms with Crippen molar-refractivity contribution in [1.29, 1.82) is 0 Å². The molecule has 0 bridgehead atoms. The van der Waals surface area contributed by atoms with Crippen LogP contribution in [0.2, 0.25) is 5.02 Å². The van der Waals surface area contributed by atoms with E-state index in [1.54, 1.807) is 6.07 Å². The van der Waals surface area contributed by atoms with Crippen LogP contribution in [0.1, 0.15) is 26.3 Å². The van der Waals surface area contributed by atoms with Crippen LogP contribution >= 0.6 is 23.5 Å². The number of halogens is 2. The van der Waals surface area contributed by atoms with E-state index in [4.69, 9.17) is 16.7 Å². The number of rotatable bonds is 5. The average molecular weight is 344 g/mol. The summed E-state index contributed by atoms with van der Waals surface area (Å²) in [6.45, 7) is 9.14. The maximum absolute atomic E-state index is 13.7. The van der Waals surface area contributed by atoms with Crippen LogP contribution < -0.4 is 10.5 Å². The van der Waals surface area contributed by atoms with Gasteiger partial charge in [0.15, 0.2) is 0 Å². The molecule has 7 heteroatoms. The second-order valence-electron chi connectivity index (χ2n) is 5.59. The molecule has 0 spiro atoms. The SMILES string of the molecule is C=N/C(=C(\SN)C(=O)NCc1c(F)cccc1Cl)C(C)(C)C. The lowest BCUT2D eigenvalue weighted by molar-refractivity contribution is -0.117. The van der Waals surface area contributed by atoms with Gasteiger partial charge in [0.2, 0.25) is 0 Å². The Bertz CT molecular complexity index is 591. The highest BCUT2D eigenvalue weighted by molar-refractivity contribution is 8.01. The maximum atomic E-state index is 13.7. The van der Waals surface area contributed by atoms with Gasteiger partial charge in [0.1, 0.15) is 10.7 Å². The van der Waals surface area contributed by atoms with E-state index in [9.17, 15) is 9.18 Å². The molecule has 0 aliphatic heterocycles. The lowest BCUT2D eigenvalue weighted by Gasteiger charge is -2.21. The molecule has 1 rings (SSSR count). The minimum Gasteiger partial charge on any atom is -0.347 e. The van der Waals surface area contributed by atoms with Gasteiger partial charge in [-0.3, -0.25) is 14.9 Å². The highest BCUT2D eigenvalue weighted by atomic mass is 35.5. The number of nitrogens with two attached hydrogens (primary N) is 1. The second-order valence-corrected chi connectivity index (χ2v) is 6.64. The van der Waals surface area contributed by atoms with Gasteiger partial charge in [0.25, 0.3) is 5.91 Å². The Kier molecular flexibility index (Phi) is 6.59. The molecule has 1 aromatic carbocycles. The van der Waals surface area contributed by atoms with Crippen molar-refractivity contribution in [2.24, 2.45) is 15.5 Å². The molecular weight excluding hydrogens is 325 g/mol. The minimum atomic E-state index is -0.475. The van der Waals surface area contributed by atoms with E-state index in [0.717, 1.165) is 11.9 Å². The lowest BCUT2D eigenvalue weighted by atomic mass is 9.91. The number of carbonyl (C=O) groups excluding carboxylic acids is 1. The Morgan fingerprint density at radius 1 is 1.50 bits per heavy atom. The average Bonchev–Trinajstić information content (AvgIpc) is 2.42. The number of hydrogen-bond acceptors (Lipinski definition) is 4. The quantitative estimate of drug-likeness (QED) is 0.487. The molecule has 0 saturated heterocycles. The minimum absolute atomic E-state index is 0.0387. The zero-order valence-electron chi connectivity index (χ0n) is 12.7. The Morgan fingerprint density at radius 3 is 2.59 bits per heavy atom. The van der Waals surface area contributed by atoms with Crippen molar-refractivity contribution in [3.63, 3.8) is 0 Å². The highest BCUT2D eigenvalue weighted by Crippen LogP contribution is 2.32. The summed E-state index contributed by atoms with van der Waals surface area (Å²) >= 11 is 6.72. The summed E-state index contributed by atoms with van der Waals surface area (Å²) in [6.07, 6.45) is 0. The summed E-state index contributed by atoms with van der Waals surface area (Å²) in [5.41, 5.74) is 0.316. The topological polar surface area (TPSA) is 67.5 Å². The van der Waals surface area contributed by atoms with E-state index >= 15 is 0 Å². The van der Waals surface area contributed by atoms with E-state index in [-0.39, 0.29) is 22.0 Å². The summed E-state index contributed by atoms with van der Waals surface area (Å²) in [7, 11) is 0. The Balaban J connectivity index is 3.00.